The molecule has 0 aromatic heterocycles. The van der Waals surface area contributed by atoms with Crippen molar-refractivity contribution in [2.45, 2.75) is 32.9 Å². The van der Waals surface area contributed by atoms with Crippen molar-refractivity contribution in [1.82, 2.24) is 5.32 Å². The predicted molar refractivity (Wildman–Crippen MR) is 53.8 cm³/mol. The monoisotopic (exact) mass is 227 g/mol. The zero-order chi connectivity index (χ0) is 11.7. The molecule has 92 valence electrons. The van der Waals surface area contributed by atoms with Crippen molar-refractivity contribution in [2.75, 3.05) is 26.3 Å². The van der Waals surface area contributed by atoms with Gasteiger partial charge in [-0.3, -0.25) is 0 Å². The summed E-state index contributed by atoms with van der Waals surface area (Å²) < 4.78 is 40.4. The van der Waals surface area contributed by atoms with Gasteiger partial charge in [0.15, 0.2) is 0 Å². The average Bonchev–Trinajstić information content (AvgIpc) is 2.07. The molecule has 1 N–H and O–H groups in total. The number of alkyl halides is 3. The van der Waals surface area contributed by atoms with Crippen LogP contribution in [0.15, 0.2) is 0 Å². The van der Waals surface area contributed by atoms with E-state index in [-0.39, 0.29) is 6.54 Å². The van der Waals surface area contributed by atoms with Crippen LogP contribution in [0.4, 0.5) is 13.2 Å². The standard InChI is InChI=1S/C10H20F3NO/c1-9(2)8-15-7-3-5-14-6-4-10(11,12)13/h9,14H,3-8H2,1-2H3. The summed E-state index contributed by atoms with van der Waals surface area (Å²) in [5.41, 5.74) is 0. The van der Waals surface area contributed by atoms with E-state index in [9.17, 15) is 13.2 Å². The molecule has 5 heteroatoms. The molecule has 0 aromatic rings. The molecule has 0 radical (unpaired) electrons. The van der Waals surface area contributed by atoms with Crippen LogP contribution in [0.2, 0.25) is 0 Å². The number of nitrogens with one attached hydrogen (secondary N) is 1. The summed E-state index contributed by atoms with van der Waals surface area (Å²) in [4.78, 5) is 0. The number of ether oxygens (including phenoxy) is 1. The molecular weight excluding hydrogens is 207 g/mol. The van der Waals surface area contributed by atoms with Crippen LogP contribution < -0.4 is 5.32 Å². The van der Waals surface area contributed by atoms with Crippen LogP contribution in [0, 0.1) is 5.92 Å². The Hall–Kier alpha value is -0.290. The van der Waals surface area contributed by atoms with Crippen molar-refractivity contribution >= 4 is 0 Å². The Kier molecular flexibility index (Phi) is 7.78. The minimum atomic E-state index is -4.05. The van der Waals surface area contributed by atoms with Crippen LogP contribution in [0.1, 0.15) is 26.7 Å². The maximum atomic E-state index is 11.7. The Morgan fingerprint density at radius 3 is 2.40 bits per heavy atom. The quantitative estimate of drug-likeness (QED) is 0.643. The SMILES string of the molecule is CC(C)COCCCNCCC(F)(F)F. The van der Waals surface area contributed by atoms with Crippen LogP contribution >= 0.6 is 0 Å². The Bertz CT molecular complexity index is 148. The fraction of sp³-hybridized carbons (Fsp3) is 1.00. The van der Waals surface area contributed by atoms with Crippen molar-refractivity contribution in [2.24, 2.45) is 5.92 Å². The maximum absolute atomic E-state index is 11.7. The van der Waals surface area contributed by atoms with Crippen molar-refractivity contribution in [3.05, 3.63) is 0 Å². The molecule has 0 saturated heterocycles. The Morgan fingerprint density at radius 2 is 1.87 bits per heavy atom. The highest BCUT2D eigenvalue weighted by molar-refractivity contribution is 4.54. The summed E-state index contributed by atoms with van der Waals surface area (Å²) in [6.45, 7) is 6.00. The molecule has 0 heterocycles. The highest BCUT2D eigenvalue weighted by Gasteiger charge is 2.25. The molecule has 0 aliphatic rings. The van der Waals surface area contributed by atoms with Crippen molar-refractivity contribution in [1.29, 1.82) is 0 Å². The molecule has 0 unspecified atom stereocenters. The first-order valence-electron chi connectivity index (χ1n) is 5.27. The molecule has 0 fully saturated rings. The van der Waals surface area contributed by atoms with E-state index in [4.69, 9.17) is 4.74 Å². The van der Waals surface area contributed by atoms with Crippen LogP contribution in [-0.4, -0.2) is 32.5 Å². The van der Waals surface area contributed by atoms with E-state index in [0.717, 1.165) is 6.42 Å². The van der Waals surface area contributed by atoms with Crippen LogP contribution in [0.25, 0.3) is 0 Å². The highest BCUT2D eigenvalue weighted by atomic mass is 19.4. The predicted octanol–water partition coefficient (Wildman–Crippen LogP) is 2.59. The third kappa shape index (κ3) is 13.7. The summed E-state index contributed by atoms with van der Waals surface area (Å²) in [6, 6.07) is 0. The van der Waals surface area contributed by atoms with Gasteiger partial charge in [0.1, 0.15) is 0 Å². The molecule has 0 rings (SSSR count). The smallest absolute Gasteiger partial charge is 0.381 e. The molecule has 0 aromatic carbocycles. The van der Waals surface area contributed by atoms with E-state index in [0.29, 0.717) is 25.7 Å². The molecule has 2 nitrogen and oxygen atoms in total. The first kappa shape index (κ1) is 14.7. The normalized spacial score (nSPS) is 12.4. The molecule has 0 bridgehead atoms. The molecular formula is C10H20F3NO. The first-order valence-corrected chi connectivity index (χ1v) is 5.27. The van der Waals surface area contributed by atoms with Gasteiger partial charge in [0, 0.05) is 19.8 Å². The molecule has 0 atom stereocenters. The molecule has 15 heavy (non-hydrogen) atoms. The van der Waals surface area contributed by atoms with Gasteiger partial charge in [-0.2, -0.15) is 13.2 Å². The van der Waals surface area contributed by atoms with Gasteiger partial charge >= 0.3 is 6.18 Å². The van der Waals surface area contributed by atoms with Gasteiger partial charge < -0.3 is 10.1 Å². The summed E-state index contributed by atoms with van der Waals surface area (Å²) >= 11 is 0. The van der Waals surface area contributed by atoms with Crippen LogP contribution in [0.5, 0.6) is 0 Å². The van der Waals surface area contributed by atoms with Crippen molar-refractivity contribution in [3.8, 4) is 0 Å². The van der Waals surface area contributed by atoms with Crippen LogP contribution in [0.3, 0.4) is 0 Å². The largest absolute Gasteiger partial charge is 0.390 e. The number of hydrogen-bond acceptors (Lipinski definition) is 2. The maximum Gasteiger partial charge on any atom is 0.390 e. The molecule has 0 aliphatic heterocycles. The fourth-order valence-electron chi connectivity index (χ4n) is 0.973. The van der Waals surface area contributed by atoms with Gasteiger partial charge in [-0.25, -0.2) is 0 Å². The van der Waals surface area contributed by atoms with Gasteiger partial charge in [-0.1, -0.05) is 13.8 Å². The van der Waals surface area contributed by atoms with Gasteiger partial charge in [0.2, 0.25) is 0 Å². The highest BCUT2D eigenvalue weighted by Crippen LogP contribution is 2.17. The number of hydrogen-bond donors (Lipinski definition) is 1. The second-order valence-electron chi connectivity index (χ2n) is 3.94. The molecule has 0 amide bonds. The summed E-state index contributed by atoms with van der Waals surface area (Å²) in [5.74, 6) is 0.503. The van der Waals surface area contributed by atoms with E-state index in [2.05, 4.69) is 19.2 Å². The third-order valence-electron chi connectivity index (χ3n) is 1.68. The summed E-state index contributed by atoms with van der Waals surface area (Å²) in [7, 11) is 0. The molecule has 0 saturated carbocycles. The average molecular weight is 227 g/mol. The van der Waals surface area contributed by atoms with E-state index in [1.165, 1.54) is 0 Å². The lowest BCUT2D eigenvalue weighted by Crippen LogP contribution is -2.23. The van der Waals surface area contributed by atoms with Crippen molar-refractivity contribution in [3.63, 3.8) is 0 Å². The van der Waals surface area contributed by atoms with Gasteiger partial charge in [-0.05, 0) is 18.9 Å². The van der Waals surface area contributed by atoms with Gasteiger partial charge in [-0.15, -0.1) is 0 Å². The minimum absolute atomic E-state index is 0.00627. The van der Waals surface area contributed by atoms with Crippen molar-refractivity contribution < 1.29 is 17.9 Å². The van der Waals surface area contributed by atoms with E-state index in [1.54, 1.807) is 0 Å². The van der Waals surface area contributed by atoms with E-state index < -0.39 is 12.6 Å². The fourth-order valence-corrected chi connectivity index (χ4v) is 0.973. The number of halogens is 3. The Balaban J connectivity index is 3.06. The lowest BCUT2D eigenvalue weighted by Gasteiger charge is -2.08. The second-order valence-corrected chi connectivity index (χ2v) is 3.94. The Labute approximate surface area is 89.2 Å². The zero-order valence-corrected chi connectivity index (χ0v) is 9.36. The van der Waals surface area contributed by atoms with E-state index >= 15 is 0 Å². The van der Waals surface area contributed by atoms with Crippen LogP contribution in [-0.2, 0) is 4.74 Å². The second kappa shape index (κ2) is 7.93. The van der Waals surface area contributed by atoms with E-state index in [1.807, 2.05) is 0 Å². The van der Waals surface area contributed by atoms with Gasteiger partial charge in [0.25, 0.3) is 0 Å². The molecule has 0 aliphatic carbocycles. The number of rotatable bonds is 8. The summed E-state index contributed by atoms with van der Waals surface area (Å²) in [6.07, 6.45) is -4.06. The Morgan fingerprint density at radius 1 is 1.20 bits per heavy atom. The molecule has 0 spiro atoms. The third-order valence-corrected chi connectivity index (χ3v) is 1.68. The summed E-state index contributed by atoms with van der Waals surface area (Å²) in [5, 5.41) is 2.73. The zero-order valence-electron chi connectivity index (χ0n) is 9.36. The minimum Gasteiger partial charge on any atom is -0.381 e. The first-order chi connectivity index (χ1) is 6.92. The lowest BCUT2D eigenvalue weighted by atomic mass is 10.2. The topological polar surface area (TPSA) is 21.3 Å². The van der Waals surface area contributed by atoms with Gasteiger partial charge in [0.05, 0.1) is 6.42 Å². The lowest BCUT2D eigenvalue weighted by molar-refractivity contribution is -0.133.